The Morgan fingerprint density at radius 1 is 0.900 bits per heavy atom. The molecule has 3 rings (SSSR count). The summed E-state index contributed by atoms with van der Waals surface area (Å²) >= 11 is 12.7. The summed E-state index contributed by atoms with van der Waals surface area (Å²) < 4.78 is 6.19. The van der Waals surface area contributed by atoms with E-state index < -0.39 is 0 Å². The number of rotatable bonds is 4. The first kappa shape index (κ1) is 13.9. The van der Waals surface area contributed by atoms with Crippen LogP contribution in [-0.4, -0.2) is 19.2 Å². The highest BCUT2D eigenvalue weighted by molar-refractivity contribution is 6.32. The van der Waals surface area contributed by atoms with Crippen molar-refractivity contribution in [1.82, 2.24) is 5.32 Å². The normalized spacial score (nSPS) is 15.3. The van der Waals surface area contributed by atoms with E-state index in [-0.39, 0.29) is 12.2 Å². The third-order valence-electron chi connectivity index (χ3n) is 3.45. The molecule has 1 heterocycles. The van der Waals surface area contributed by atoms with Crippen LogP contribution in [0.2, 0.25) is 10.0 Å². The van der Waals surface area contributed by atoms with Crippen molar-refractivity contribution in [2.24, 2.45) is 0 Å². The number of hydrogen-bond donors (Lipinski definition) is 1. The standard InChI is InChI=1S/C16H15Cl2NO/c17-14-7-3-1-5-12(14)16(20-11-9-19-10-11)13-6-2-4-8-15(13)18/h1-8,11,16,19H,9-10H2. The predicted octanol–water partition coefficient (Wildman–Crippen LogP) is 4.07. The van der Waals surface area contributed by atoms with Gasteiger partial charge >= 0.3 is 0 Å². The molecule has 1 aliphatic rings. The third kappa shape index (κ3) is 2.84. The maximum absolute atomic E-state index is 6.33. The van der Waals surface area contributed by atoms with Crippen LogP contribution in [0.1, 0.15) is 17.2 Å². The van der Waals surface area contributed by atoms with E-state index in [4.69, 9.17) is 27.9 Å². The van der Waals surface area contributed by atoms with Gasteiger partial charge in [0.1, 0.15) is 6.10 Å². The summed E-state index contributed by atoms with van der Waals surface area (Å²) in [7, 11) is 0. The molecular weight excluding hydrogens is 293 g/mol. The van der Waals surface area contributed by atoms with Crippen molar-refractivity contribution in [3.8, 4) is 0 Å². The average molecular weight is 308 g/mol. The van der Waals surface area contributed by atoms with Gasteiger partial charge in [-0.1, -0.05) is 59.6 Å². The molecule has 0 spiro atoms. The van der Waals surface area contributed by atoms with E-state index in [1.165, 1.54) is 0 Å². The lowest BCUT2D eigenvalue weighted by Crippen LogP contribution is -2.49. The highest BCUT2D eigenvalue weighted by atomic mass is 35.5. The van der Waals surface area contributed by atoms with Crippen molar-refractivity contribution < 1.29 is 4.74 Å². The molecule has 1 saturated heterocycles. The molecule has 0 aromatic heterocycles. The van der Waals surface area contributed by atoms with Crippen LogP contribution in [0.4, 0.5) is 0 Å². The van der Waals surface area contributed by atoms with E-state index in [2.05, 4.69) is 5.32 Å². The first-order valence-corrected chi connectivity index (χ1v) is 7.36. The van der Waals surface area contributed by atoms with E-state index >= 15 is 0 Å². The molecule has 0 saturated carbocycles. The number of halogens is 2. The second-order valence-corrected chi connectivity index (χ2v) is 5.65. The summed E-state index contributed by atoms with van der Waals surface area (Å²) in [5.74, 6) is 0. The molecule has 0 atom stereocenters. The summed E-state index contributed by atoms with van der Waals surface area (Å²) in [6, 6.07) is 15.5. The Balaban J connectivity index is 1.99. The molecule has 0 aliphatic carbocycles. The van der Waals surface area contributed by atoms with Gasteiger partial charge in [0, 0.05) is 34.3 Å². The fraction of sp³-hybridized carbons (Fsp3) is 0.250. The highest BCUT2D eigenvalue weighted by Crippen LogP contribution is 2.36. The van der Waals surface area contributed by atoms with E-state index in [1.807, 2.05) is 48.5 Å². The van der Waals surface area contributed by atoms with Crippen molar-refractivity contribution in [1.29, 1.82) is 0 Å². The zero-order valence-corrected chi connectivity index (χ0v) is 12.4. The Labute approximate surface area is 128 Å². The molecule has 0 radical (unpaired) electrons. The summed E-state index contributed by atoms with van der Waals surface area (Å²) in [6.07, 6.45) is -0.0305. The summed E-state index contributed by atoms with van der Waals surface area (Å²) in [5, 5.41) is 4.61. The maximum Gasteiger partial charge on any atom is 0.111 e. The Kier molecular flexibility index (Phi) is 4.27. The van der Waals surface area contributed by atoms with Gasteiger partial charge in [-0.15, -0.1) is 0 Å². The third-order valence-corrected chi connectivity index (χ3v) is 4.14. The summed E-state index contributed by atoms with van der Waals surface area (Å²) in [5.41, 5.74) is 1.91. The van der Waals surface area contributed by atoms with E-state index in [0.717, 1.165) is 24.2 Å². The minimum absolute atomic E-state index is 0.201. The Hall–Kier alpha value is -1.06. The second kappa shape index (κ2) is 6.15. The van der Waals surface area contributed by atoms with Crippen molar-refractivity contribution in [3.05, 3.63) is 69.7 Å². The van der Waals surface area contributed by atoms with Crippen molar-refractivity contribution in [2.45, 2.75) is 12.2 Å². The number of hydrogen-bond acceptors (Lipinski definition) is 2. The van der Waals surface area contributed by atoms with Crippen LogP contribution in [0.5, 0.6) is 0 Å². The molecular formula is C16H15Cl2NO. The van der Waals surface area contributed by atoms with Crippen molar-refractivity contribution >= 4 is 23.2 Å². The smallest absolute Gasteiger partial charge is 0.111 e. The molecule has 0 unspecified atom stereocenters. The van der Waals surface area contributed by atoms with Crippen LogP contribution >= 0.6 is 23.2 Å². The van der Waals surface area contributed by atoms with Gasteiger partial charge in [-0.25, -0.2) is 0 Å². The molecule has 2 aromatic carbocycles. The Morgan fingerprint density at radius 2 is 1.40 bits per heavy atom. The molecule has 1 N–H and O–H groups in total. The largest absolute Gasteiger partial charge is 0.363 e. The lowest BCUT2D eigenvalue weighted by atomic mass is 10.0. The van der Waals surface area contributed by atoms with Gasteiger partial charge in [-0.3, -0.25) is 0 Å². The summed E-state index contributed by atoms with van der Waals surface area (Å²) in [6.45, 7) is 1.73. The van der Waals surface area contributed by atoms with Gasteiger partial charge in [0.05, 0.1) is 6.10 Å². The molecule has 0 amide bonds. The zero-order valence-electron chi connectivity index (χ0n) is 10.9. The lowest BCUT2D eigenvalue weighted by molar-refractivity contribution is -0.0201. The number of ether oxygens (including phenoxy) is 1. The fourth-order valence-electron chi connectivity index (χ4n) is 2.24. The van der Waals surface area contributed by atoms with Crippen LogP contribution in [0.25, 0.3) is 0 Å². The first-order chi connectivity index (χ1) is 9.75. The first-order valence-electron chi connectivity index (χ1n) is 6.61. The van der Waals surface area contributed by atoms with E-state index in [9.17, 15) is 0 Å². The van der Waals surface area contributed by atoms with Crippen LogP contribution < -0.4 is 5.32 Å². The van der Waals surface area contributed by atoms with Gasteiger partial charge in [-0.05, 0) is 12.1 Å². The monoisotopic (exact) mass is 307 g/mol. The van der Waals surface area contributed by atoms with Crippen LogP contribution in [-0.2, 0) is 4.74 Å². The van der Waals surface area contributed by atoms with Crippen molar-refractivity contribution in [3.63, 3.8) is 0 Å². The fourth-order valence-corrected chi connectivity index (χ4v) is 2.71. The predicted molar refractivity (Wildman–Crippen MR) is 82.5 cm³/mol. The minimum Gasteiger partial charge on any atom is -0.363 e. The zero-order chi connectivity index (χ0) is 13.9. The Bertz CT molecular complexity index is 553. The van der Waals surface area contributed by atoms with E-state index in [1.54, 1.807) is 0 Å². The number of benzene rings is 2. The molecule has 1 aliphatic heterocycles. The van der Waals surface area contributed by atoms with Gasteiger partial charge in [0.2, 0.25) is 0 Å². The van der Waals surface area contributed by atoms with Crippen LogP contribution in [0, 0.1) is 0 Å². The van der Waals surface area contributed by atoms with E-state index in [0.29, 0.717) is 10.0 Å². The molecule has 4 heteroatoms. The molecule has 104 valence electrons. The average Bonchev–Trinajstić information content (AvgIpc) is 2.40. The van der Waals surface area contributed by atoms with Gasteiger partial charge in [-0.2, -0.15) is 0 Å². The highest BCUT2D eigenvalue weighted by Gasteiger charge is 2.26. The van der Waals surface area contributed by atoms with Gasteiger partial charge in [0.15, 0.2) is 0 Å². The van der Waals surface area contributed by atoms with Crippen LogP contribution in [0.3, 0.4) is 0 Å². The van der Waals surface area contributed by atoms with Crippen molar-refractivity contribution in [2.75, 3.05) is 13.1 Å². The van der Waals surface area contributed by atoms with Gasteiger partial charge < -0.3 is 10.1 Å². The summed E-state index contributed by atoms with van der Waals surface area (Å²) in [4.78, 5) is 0. The maximum atomic E-state index is 6.33. The SMILES string of the molecule is Clc1ccccc1C(OC1CNC1)c1ccccc1Cl. The molecule has 0 bridgehead atoms. The second-order valence-electron chi connectivity index (χ2n) is 4.84. The minimum atomic E-state index is -0.232. The molecule has 1 fully saturated rings. The number of nitrogens with one attached hydrogen (secondary N) is 1. The topological polar surface area (TPSA) is 21.3 Å². The lowest BCUT2D eigenvalue weighted by Gasteiger charge is -2.32. The Morgan fingerprint density at radius 3 is 1.80 bits per heavy atom. The molecule has 20 heavy (non-hydrogen) atoms. The molecule has 2 nitrogen and oxygen atoms in total. The quantitative estimate of drug-likeness (QED) is 0.919. The van der Waals surface area contributed by atoms with Gasteiger partial charge in [0.25, 0.3) is 0 Å². The van der Waals surface area contributed by atoms with Crippen LogP contribution in [0.15, 0.2) is 48.5 Å². The molecule has 2 aromatic rings.